The molecule has 1 N–H and O–H groups in total. The second kappa shape index (κ2) is 9.26. The summed E-state index contributed by atoms with van der Waals surface area (Å²) < 4.78 is 33.0. The molecular formula is C13H20ClIN2O3S. The Morgan fingerprint density at radius 2 is 1.81 bits per heavy atom. The molecule has 5 nitrogen and oxygen atoms in total. The molecule has 1 aromatic carbocycles. The number of benzene rings is 1. The van der Waals surface area contributed by atoms with Gasteiger partial charge in [-0.3, -0.25) is 4.90 Å². The zero-order valence-corrected chi connectivity index (χ0v) is 15.4. The SMILES string of the molecule is Cl.O=S(=O)(NCCCN1CCOCC1)c1ccc(I)cc1. The van der Waals surface area contributed by atoms with E-state index in [0.717, 1.165) is 42.8 Å². The van der Waals surface area contributed by atoms with Gasteiger partial charge >= 0.3 is 0 Å². The zero-order valence-electron chi connectivity index (χ0n) is 11.6. The number of hydrogen-bond donors (Lipinski definition) is 1. The van der Waals surface area contributed by atoms with E-state index in [-0.39, 0.29) is 12.4 Å². The first-order valence-electron chi connectivity index (χ1n) is 6.63. The summed E-state index contributed by atoms with van der Waals surface area (Å²) in [5.41, 5.74) is 0. The number of halogens is 2. The van der Waals surface area contributed by atoms with Crippen molar-refractivity contribution in [3.05, 3.63) is 27.8 Å². The van der Waals surface area contributed by atoms with Crippen molar-refractivity contribution in [2.75, 3.05) is 39.4 Å². The largest absolute Gasteiger partial charge is 0.379 e. The van der Waals surface area contributed by atoms with Crippen LogP contribution in [0.25, 0.3) is 0 Å². The predicted octanol–water partition coefficient (Wildman–Crippen LogP) is 1.71. The molecule has 1 fully saturated rings. The van der Waals surface area contributed by atoms with E-state index in [1.807, 2.05) is 0 Å². The smallest absolute Gasteiger partial charge is 0.240 e. The van der Waals surface area contributed by atoms with Gasteiger partial charge in [-0.25, -0.2) is 13.1 Å². The summed E-state index contributed by atoms with van der Waals surface area (Å²) in [6.07, 6.45) is 0.809. The Morgan fingerprint density at radius 3 is 2.43 bits per heavy atom. The summed E-state index contributed by atoms with van der Waals surface area (Å²) in [6, 6.07) is 6.85. The van der Waals surface area contributed by atoms with Gasteiger partial charge in [0, 0.05) is 23.2 Å². The number of nitrogens with one attached hydrogen (secondary N) is 1. The van der Waals surface area contributed by atoms with E-state index in [0.29, 0.717) is 11.4 Å². The highest BCUT2D eigenvalue weighted by atomic mass is 127. The molecule has 0 atom stereocenters. The quantitative estimate of drug-likeness (QED) is 0.534. The molecule has 8 heteroatoms. The van der Waals surface area contributed by atoms with Crippen LogP contribution in [-0.2, 0) is 14.8 Å². The van der Waals surface area contributed by atoms with Crippen molar-refractivity contribution in [2.24, 2.45) is 0 Å². The number of ether oxygens (including phenoxy) is 1. The van der Waals surface area contributed by atoms with Crippen molar-refractivity contribution in [3.8, 4) is 0 Å². The number of rotatable bonds is 6. The molecule has 1 heterocycles. The van der Waals surface area contributed by atoms with Gasteiger partial charge in [0.15, 0.2) is 0 Å². The lowest BCUT2D eigenvalue weighted by Crippen LogP contribution is -2.38. The molecule has 0 saturated carbocycles. The molecule has 0 unspecified atom stereocenters. The van der Waals surface area contributed by atoms with E-state index in [1.165, 1.54) is 0 Å². The van der Waals surface area contributed by atoms with E-state index >= 15 is 0 Å². The van der Waals surface area contributed by atoms with E-state index in [9.17, 15) is 8.42 Å². The predicted molar refractivity (Wildman–Crippen MR) is 93.5 cm³/mol. The van der Waals surface area contributed by atoms with Crippen molar-refractivity contribution in [1.82, 2.24) is 9.62 Å². The fraction of sp³-hybridized carbons (Fsp3) is 0.538. The van der Waals surface area contributed by atoms with Crippen LogP contribution >= 0.6 is 35.0 Å². The van der Waals surface area contributed by atoms with Gasteiger partial charge in [0.05, 0.1) is 18.1 Å². The molecule has 1 aliphatic rings. The first-order chi connectivity index (χ1) is 9.58. The molecule has 0 spiro atoms. The van der Waals surface area contributed by atoms with Crippen LogP contribution in [-0.4, -0.2) is 52.7 Å². The first kappa shape index (κ1) is 19.1. The zero-order chi connectivity index (χ0) is 14.4. The third kappa shape index (κ3) is 6.37. The van der Waals surface area contributed by atoms with Crippen molar-refractivity contribution in [2.45, 2.75) is 11.3 Å². The normalized spacial score (nSPS) is 16.4. The Bertz CT molecular complexity index is 519. The molecule has 1 saturated heterocycles. The van der Waals surface area contributed by atoms with Crippen molar-refractivity contribution in [3.63, 3.8) is 0 Å². The number of hydrogen-bond acceptors (Lipinski definition) is 4. The van der Waals surface area contributed by atoms with E-state index < -0.39 is 10.0 Å². The van der Waals surface area contributed by atoms with Gasteiger partial charge in [0.1, 0.15) is 0 Å². The fourth-order valence-corrected chi connectivity index (χ4v) is 3.46. The van der Waals surface area contributed by atoms with Crippen LogP contribution in [0.3, 0.4) is 0 Å². The van der Waals surface area contributed by atoms with Crippen molar-refractivity contribution in [1.29, 1.82) is 0 Å². The standard InChI is InChI=1S/C13H19IN2O3S.ClH/c14-12-2-4-13(5-3-12)20(17,18)15-6-1-7-16-8-10-19-11-9-16;/h2-5,15H,1,6-11H2;1H. The number of sulfonamides is 1. The number of nitrogens with zero attached hydrogens (tertiary/aromatic N) is 1. The highest BCUT2D eigenvalue weighted by Gasteiger charge is 2.14. The summed E-state index contributed by atoms with van der Waals surface area (Å²) in [4.78, 5) is 2.62. The lowest BCUT2D eigenvalue weighted by atomic mass is 10.3. The van der Waals surface area contributed by atoms with Crippen LogP contribution in [0, 0.1) is 3.57 Å². The average molecular weight is 447 g/mol. The maximum atomic E-state index is 12.0. The molecular weight excluding hydrogens is 427 g/mol. The van der Waals surface area contributed by atoms with Gasteiger partial charge < -0.3 is 4.74 Å². The second-order valence-electron chi connectivity index (χ2n) is 4.66. The Kier molecular flexibility index (Phi) is 8.43. The van der Waals surface area contributed by atoms with Crippen LogP contribution in [0.4, 0.5) is 0 Å². The van der Waals surface area contributed by atoms with Crippen molar-refractivity contribution >= 4 is 45.0 Å². The third-order valence-electron chi connectivity index (χ3n) is 3.17. The number of morpholine rings is 1. The van der Waals surface area contributed by atoms with E-state index in [2.05, 4.69) is 32.2 Å². The van der Waals surface area contributed by atoms with Gasteiger partial charge in [0.2, 0.25) is 10.0 Å². The van der Waals surface area contributed by atoms with E-state index in [4.69, 9.17) is 4.74 Å². The van der Waals surface area contributed by atoms with Gasteiger partial charge in [-0.2, -0.15) is 0 Å². The summed E-state index contributed by atoms with van der Waals surface area (Å²) in [6.45, 7) is 4.78. The Labute approximate surface area is 146 Å². The van der Waals surface area contributed by atoms with Gasteiger partial charge in [-0.1, -0.05) is 0 Å². The lowest BCUT2D eigenvalue weighted by Gasteiger charge is -2.26. The molecule has 1 aromatic rings. The van der Waals surface area contributed by atoms with Crippen LogP contribution < -0.4 is 4.72 Å². The summed E-state index contributed by atoms with van der Waals surface area (Å²) in [5, 5.41) is 0. The summed E-state index contributed by atoms with van der Waals surface area (Å²) >= 11 is 2.15. The van der Waals surface area contributed by atoms with Gasteiger partial charge in [-0.15, -0.1) is 12.4 Å². The first-order valence-corrected chi connectivity index (χ1v) is 9.19. The summed E-state index contributed by atoms with van der Waals surface area (Å²) in [5.74, 6) is 0. The highest BCUT2D eigenvalue weighted by Crippen LogP contribution is 2.11. The molecule has 0 aliphatic carbocycles. The van der Waals surface area contributed by atoms with Gasteiger partial charge in [-0.05, 0) is 59.8 Å². The molecule has 0 amide bonds. The minimum Gasteiger partial charge on any atom is -0.379 e. The van der Waals surface area contributed by atoms with Crippen LogP contribution in [0.5, 0.6) is 0 Å². The minimum absolute atomic E-state index is 0. The molecule has 120 valence electrons. The Hall–Kier alpha value is 0.0700. The highest BCUT2D eigenvalue weighted by molar-refractivity contribution is 14.1. The van der Waals surface area contributed by atoms with Crippen molar-refractivity contribution < 1.29 is 13.2 Å². The molecule has 1 aliphatic heterocycles. The van der Waals surface area contributed by atoms with Crippen LogP contribution in [0.15, 0.2) is 29.2 Å². The van der Waals surface area contributed by atoms with Gasteiger partial charge in [0.25, 0.3) is 0 Å². The van der Waals surface area contributed by atoms with Crippen LogP contribution in [0.1, 0.15) is 6.42 Å². The Balaban J connectivity index is 0.00000220. The average Bonchev–Trinajstić information content (AvgIpc) is 2.45. The minimum atomic E-state index is -3.38. The second-order valence-corrected chi connectivity index (χ2v) is 7.67. The van der Waals surface area contributed by atoms with E-state index in [1.54, 1.807) is 24.3 Å². The van der Waals surface area contributed by atoms with Crippen LogP contribution in [0.2, 0.25) is 0 Å². The molecule has 0 aromatic heterocycles. The maximum absolute atomic E-state index is 12.0. The third-order valence-corrected chi connectivity index (χ3v) is 5.37. The molecule has 0 radical (unpaired) electrons. The maximum Gasteiger partial charge on any atom is 0.240 e. The lowest BCUT2D eigenvalue weighted by molar-refractivity contribution is 0.0376. The fourth-order valence-electron chi connectivity index (χ4n) is 2.03. The summed E-state index contributed by atoms with van der Waals surface area (Å²) in [7, 11) is -3.38. The molecule has 0 bridgehead atoms. The molecule has 21 heavy (non-hydrogen) atoms. The topological polar surface area (TPSA) is 58.6 Å². The molecule has 2 rings (SSSR count). The Morgan fingerprint density at radius 1 is 1.19 bits per heavy atom. The monoisotopic (exact) mass is 446 g/mol.